The van der Waals surface area contributed by atoms with Crippen LogP contribution >= 0.6 is 0 Å². The molecule has 0 aromatic heterocycles. The van der Waals surface area contributed by atoms with Gasteiger partial charge in [-0.05, 0) is 53.1 Å². The van der Waals surface area contributed by atoms with Crippen molar-refractivity contribution in [2.45, 2.75) is 17.9 Å². The van der Waals surface area contributed by atoms with Crippen LogP contribution in [-0.2, 0) is 10.0 Å². The largest absolute Gasteiger partial charge is 0.497 e. The van der Waals surface area contributed by atoms with Crippen molar-refractivity contribution >= 4 is 20.8 Å². The first-order valence-corrected chi connectivity index (χ1v) is 11.2. The Morgan fingerprint density at radius 2 is 1.40 bits per heavy atom. The Morgan fingerprint density at radius 3 is 2.10 bits per heavy atom. The number of benzene rings is 4. The number of sulfonamides is 1. The summed E-state index contributed by atoms with van der Waals surface area (Å²) in [5.74, 6) is 0.736. The molecule has 30 heavy (non-hydrogen) atoms. The zero-order valence-electron chi connectivity index (χ0n) is 16.9. The lowest BCUT2D eigenvalue weighted by Gasteiger charge is -2.20. The van der Waals surface area contributed by atoms with Crippen molar-refractivity contribution in [2.75, 3.05) is 7.11 Å². The van der Waals surface area contributed by atoms with Gasteiger partial charge in [0.15, 0.2) is 0 Å². The lowest BCUT2D eigenvalue weighted by atomic mass is 9.99. The van der Waals surface area contributed by atoms with Crippen molar-refractivity contribution in [3.05, 3.63) is 108 Å². The number of fused-ring (bicyclic) bond motifs is 1. The average Bonchev–Trinajstić information content (AvgIpc) is 2.78. The monoisotopic (exact) mass is 417 g/mol. The van der Waals surface area contributed by atoms with Gasteiger partial charge in [-0.2, -0.15) is 4.72 Å². The van der Waals surface area contributed by atoms with Gasteiger partial charge in [0.05, 0.1) is 18.0 Å². The zero-order valence-corrected chi connectivity index (χ0v) is 17.7. The van der Waals surface area contributed by atoms with E-state index in [0.29, 0.717) is 0 Å². The van der Waals surface area contributed by atoms with Gasteiger partial charge in [-0.3, -0.25) is 0 Å². The molecule has 0 saturated heterocycles. The Kier molecular flexibility index (Phi) is 5.57. The third kappa shape index (κ3) is 4.22. The van der Waals surface area contributed by atoms with Crippen LogP contribution in [0, 0.1) is 6.92 Å². The van der Waals surface area contributed by atoms with Crippen LogP contribution in [0.4, 0.5) is 0 Å². The Morgan fingerprint density at radius 1 is 0.767 bits per heavy atom. The molecule has 4 aromatic rings. The highest BCUT2D eigenvalue weighted by Gasteiger charge is 2.23. The summed E-state index contributed by atoms with van der Waals surface area (Å²) in [4.78, 5) is 0.230. The predicted octanol–water partition coefficient (Wildman–Crippen LogP) is 5.22. The summed E-state index contributed by atoms with van der Waals surface area (Å²) in [6.45, 7) is 2.01. The van der Waals surface area contributed by atoms with Crippen molar-refractivity contribution in [3.8, 4) is 5.75 Å². The van der Waals surface area contributed by atoms with Gasteiger partial charge in [0.2, 0.25) is 10.0 Å². The molecule has 4 nitrogen and oxygen atoms in total. The molecule has 0 spiro atoms. The first-order chi connectivity index (χ1) is 14.5. The lowest BCUT2D eigenvalue weighted by Crippen LogP contribution is -2.29. The Hall–Kier alpha value is -3.15. The van der Waals surface area contributed by atoms with Gasteiger partial charge in [-0.15, -0.1) is 0 Å². The molecule has 0 amide bonds. The van der Waals surface area contributed by atoms with Crippen molar-refractivity contribution in [2.24, 2.45) is 0 Å². The molecular weight excluding hydrogens is 394 g/mol. The number of hydrogen-bond acceptors (Lipinski definition) is 3. The van der Waals surface area contributed by atoms with Crippen molar-refractivity contribution in [3.63, 3.8) is 0 Å². The quantitative estimate of drug-likeness (QED) is 0.468. The fourth-order valence-corrected chi connectivity index (χ4v) is 4.70. The van der Waals surface area contributed by atoms with E-state index in [0.717, 1.165) is 33.2 Å². The second-order valence-corrected chi connectivity index (χ2v) is 8.96. The molecule has 0 fully saturated rings. The van der Waals surface area contributed by atoms with E-state index in [9.17, 15) is 8.42 Å². The van der Waals surface area contributed by atoms with Gasteiger partial charge in [0, 0.05) is 0 Å². The maximum absolute atomic E-state index is 13.3. The first-order valence-electron chi connectivity index (χ1n) is 9.68. The van der Waals surface area contributed by atoms with Crippen LogP contribution in [0.15, 0.2) is 95.9 Å². The highest BCUT2D eigenvalue weighted by molar-refractivity contribution is 7.89. The van der Waals surface area contributed by atoms with Crippen LogP contribution in [0.1, 0.15) is 22.7 Å². The van der Waals surface area contributed by atoms with Crippen molar-refractivity contribution in [1.82, 2.24) is 4.72 Å². The SMILES string of the molecule is COc1ccc2cc(S(=O)(=O)N[C@H](c3ccccc3)c3ccc(C)cc3)ccc2c1. The number of nitrogens with one attached hydrogen (secondary N) is 1. The van der Waals surface area contributed by atoms with Gasteiger partial charge in [-0.1, -0.05) is 72.3 Å². The van der Waals surface area contributed by atoms with E-state index < -0.39 is 16.1 Å². The minimum atomic E-state index is -3.75. The number of hydrogen-bond donors (Lipinski definition) is 1. The number of aryl methyl sites for hydroxylation is 1. The van der Waals surface area contributed by atoms with Gasteiger partial charge in [0.25, 0.3) is 0 Å². The molecule has 0 aliphatic carbocycles. The molecule has 0 aliphatic rings. The highest BCUT2D eigenvalue weighted by atomic mass is 32.2. The molecule has 0 bridgehead atoms. The summed E-state index contributed by atoms with van der Waals surface area (Å²) in [7, 11) is -2.14. The van der Waals surface area contributed by atoms with Crippen LogP contribution in [0.3, 0.4) is 0 Å². The maximum Gasteiger partial charge on any atom is 0.241 e. The van der Waals surface area contributed by atoms with Crippen LogP contribution < -0.4 is 9.46 Å². The fraction of sp³-hybridized carbons (Fsp3) is 0.120. The summed E-state index contributed by atoms with van der Waals surface area (Å²) in [5, 5.41) is 1.76. The molecule has 0 saturated carbocycles. The van der Waals surface area contributed by atoms with Crippen LogP contribution in [0.2, 0.25) is 0 Å². The summed E-state index contributed by atoms with van der Waals surface area (Å²) in [6.07, 6.45) is 0. The number of rotatable bonds is 6. The third-order valence-corrected chi connectivity index (χ3v) is 6.57. The molecule has 0 unspecified atom stereocenters. The van der Waals surface area contributed by atoms with Gasteiger partial charge in [-0.25, -0.2) is 8.42 Å². The predicted molar refractivity (Wildman–Crippen MR) is 120 cm³/mol. The minimum absolute atomic E-state index is 0.230. The molecule has 1 N–H and O–H groups in total. The normalized spacial score (nSPS) is 12.6. The average molecular weight is 418 g/mol. The molecule has 0 heterocycles. The maximum atomic E-state index is 13.3. The molecule has 5 heteroatoms. The van der Waals surface area contributed by atoms with E-state index in [-0.39, 0.29) is 4.90 Å². The van der Waals surface area contributed by atoms with Gasteiger partial charge in [0.1, 0.15) is 5.75 Å². The zero-order chi connectivity index (χ0) is 21.1. The summed E-state index contributed by atoms with van der Waals surface area (Å²) >= 11 is 0. The Bertz CT molecular complexity index is 1270. The molecule has 4 rings (SSSR count). The van der Waals surface area contributed by atoms with Crippen LogP contribution in [0.25, 0.3) is 10.8 Å². The van der Waals surface area contributed by atoms with Crippen molar-refractivity contribution < 1.29 is 13.2 Å². The second-order valence-electron chi connectivity index (χ2n) is 7.25. The Labute approximate surface area is 177 Å². The minimum Gasteiger partial charge on any atom is -0.497 e. The van der Waals surface area contributed by atoms with Crippen LogP contribution in [-0.4, -0.2) is 15.5 Å². The molecule has 4 aromatic carbocycles. The standard InChI is InChI=1S/C25H23NO3S/c1-18-8-10-20(11-9-18)25(19-6-4-3-5-7-19)26-30(27,28)24-15-13-21-16-23(29-2)14-12-22(21)17-24/h3-17,25-26H,1-2H3/t25-/m1/s1. The molecule has 152 valence electrons. The number of ether oxygens (including phenoxy) is 1. The Balaban J connectivity index is 1.73. The smallest absolute Gasteiger partial charge is 0.241 e. The topological polar surface area (TPSA) is 55.4 Å². The van der Waals surface area contributed by atoms with Crippen LogP contribution in [0.5, 0.6) is 5.75 Å². The van der Waals surface area contributed by atoms with E-state index in [1.165, 1.54) is 0 Å². The number of methoxy groups -OCH3 is 1. The van der Waals surface area contributed by atoms with Crippen molar-refractivity contribution in [1.29, 1.82) is 0 Å². The first kappa shape index (κ1) is 20.1. The van der Waals surface area contributed by atoms with E-state index in [1.54, 1.807) is 25.3 Å². The summed E-state index contributed by atoms with van der Waals surface area (Å²) in [5.41, 5.74) is 2.90. The summed E-state index contributed by atoms with van der Waals surface area (Å²) < 4.78 is 34.7. The fourth-order valence-electron chi connectivity index (χ4n) is 3.45. The molecular formula is C25H23NO3S. The molecule has 1 atom stereocenters. The second kappa shape index (κ2) is 8.30. The van der Waals surface area contributed by atoms with E-state index in [1.807, 2.05) is 79.7 Å². The van der Waals surface area contributed by atoms with Gasteiger partial charge < -0.3 is 4.74 Å². The lowest BCUT2D eigenvalue weighted by molar-refractivity contribution is 0.415. The third-order valence-electron chi connectivity index (χ3n) is 5.15. The van der Waals surface area contributed by atoms with Gasteiger partial charge >= 0.3 is 0 Å². The van der Waals surface area contributed by atoms with E-state index >= 15 is 0 Å². The molecule has 0 radical (unpaired) electrons. The molecule has 0 aliphatic heterocycles. The highest BCUT2D eigenvalue weighted by Crippen LogP contribution is 2.27. The van der Waals surface area contributed by atoms with E-state index in [4.69, 9.17) is 4.74 Å². The summed E-state index contributed by atoms with van der Waals surface area (Å²) in [6, 6.07) is 27.7. The van der Waals surface area contributed by atoms with E-state index in [2.05, 4.69) is 4.72 Å².